The van der Waals surface area contributed by atoms with Crippen LogP contribution >= 0.6 is 0 Å². The van der Waals surface area contributed by atoms with Crippen LogP contribution in [-0.2, 0) is 11.3 Å². The molecule has 0 spiro atoms. The molecule has 2 heterocycles. The molecule has 0 radical (unpaired) electrons. The van der Waals surface area contributed by atoms with Crippen LogP contribution in [0, 0.1) is 0 Å². The minimum Gasteiger partial charge on any atom is -0.355 e. The lowest BCUT2D eigenvalue weighted by molar-refractivity contribution is -0.119. The molecule has 1 fully saturated rings. The van der Waals surface area contributed by atoms with Crippen LogP contribution in [0.5, 0.6) is 0 Å². The highest BCUT2D eigenvalue weighted by Crippen LogP contribution is 2.28. The topological polar surface area (TPSA) is 35.6 Å². The van der Waals surface area contributed by atoms with Crippen LogP contribution in [0.1, 0.15) is 18.4 Å². The lowest BCUT2D eigenvalue weighted by Crippen LogP contribution is -2.50. The van der Waals surface area contributed by atoms with Gasteiger partial charge in [0.1, 0.15) is 0 Å². The van der Waals surface area contributed by atoms with Gasteiger partial charge in [-0.25, -0.2) is 0 Å². The van der Waals surface area contributed by atoms with Gasteiger partial charge in [0.05, 0.1) is 6.67 Å². The molecule has 0 saturated carbocycles. The van der Waals surface area contributed by atoms with Gasteiger partial charge in [-0.2, -0.15) is 0 Å². The third-order valence-corrected chi connectivity index (χ3v) is 3.99. The van der Waals surface area contributed by atoms with Gasteiger partial charge in [0.15, 0.2) is 0 Å². The SMILES string of the molecule is O=CN1CCC(N2CNCc3ccccc32)CC1. The van der Waals surface area contributed by atoms with E-state index in [1.54, 1.807) is 0 Å². The van der Waals surface area contributed by atoms with Gasteiger partial charge >= 0.3 is 0 Å². The molecular weight excluding hydrogens is 226 g/mol. The van der Waals surface area contributed by atoms with E-state index in [1.165, 1.54) is 11.3 Å². The molecule has 1 aromatic carbocycles. The largest absolute Gasteiger partial charge is 0.355 e. The maximum atomic E-state index is 10.7. The molecule has 1 aromatic rings. The van der Waals surface area contributed by atoms with E-state index in [0.29, 0.717) is 6.04 Å². The Labute approximate surface area is 108 Å². The van der Waals surface area contributed by atoms with Crippen LogP contribution in [-0.4, -0.2) is 37.1 Å². The van der Waals surface area contributed by atoms with Gasteiger partial charge in [-0.05, 0) is 24.5 Å². The second kappa shape index (κ2) is 4.98. The summed E-state index contributed by atoms with van der Waals surface area (Å²) < 4.78 is 0. The Morgan fingerprint density at radius 2 is 2.00 bits per heavy atom. The first-order valence-electron chi connectivity index (χ1n) is 6.63. The lowest BCUT2D eigenvalue weighted by Gasteiger charge is -2.41. The van der Waals surface area contributed by atoms with Gasteiger partial charge in [-0.15, -0.1) is 0 Å². The first-order valence-corrected chi connectivity index (χ1v) is 6.63. The molecule has 0 atom stereocenters. The Bertz CT molecular complexity index is 427. The monoisotopic (exact) mass is 245 g/mol. The third-order valence-electron chi connectivity index (χ3n) is 3.99. The summed E-state index contributed by atoms with van der Waals surface area (Å²) >= 11 is 0. The highest BCUT2D eigenvalue weighted by molar-refractivity contribution is 5.56. The number of nitrogens with zero attached hydrogens (tertiary/aromatic N) is 2. The molecule has 0 unspecified atom stereocenters. The molecule has 1 saturated heterocycles. The van der Waals surface area contributed by atoms with Crippen molar-refractivity contribution < 1.29 is 4.79 Å². The molecule has 4 heteroatoms. The quantitative estimate of drug-likeness (QED) is 0.795. The van der Waals surface area contributed by atoms with Crippen molar-refractivity contribution in [3.8, 4) is 0 Å². The van der Waals surface area contributed by atoms with Crippen molar-refractivity contribution in [2.45, 2.75) is 25.4 Å². The van der Waals surface area contributed by atoms with E-state index >= 15 is 0 Å². The molecule has 2 aliphatic rings. The van der Waals surface area contributed by atoms with Gasteiger partial charge in [-0.1, -0.05) is 18.2 Å². The van der Waals surface area contributed by atoms with Crippen LogP contribution in [0.3, 0.4) is 0 Å². The van der Waals surface area contributed by atoms with Gasteiger partial charge in [0, 0.05) is 31.4 Å². The average molecular weight is 245 g/mol. The summed E-state index contributed by atoms with van der Waals surface area (Å²) in [5.74, 6) is 0. The zero-order valence-corrected chi connectivity index (χ0v) is 10.5. The zero-order valence-electron chi connectivity index (χ0n) is 10.5. The number of piperidine rings is 1. The van der Waals surface area contributed by atoms with Gasteiger partial charge in [0.25, 0.3) is 0 Å². The van der Waals surface area contributed by atoms with E-state index in [1.807, 2.05) is 4.90 Å². The minimum absolute atomic E-state index is 0.551. The van der Waals surface area contributed by atoms with Crippen LogP contribution in [0.25, 0.3) is 0 Å². The number of hydrogen-bond donors (Lipinski definition) is 1. The molecule has 0 aliphatic carbocycles. The molecule has 1 amide bonds. The molecule has 2 aliphatic heterocycles. The Morgan fingerprint density at radius 3 is 2.78 bits per heavy atom. The standard InChI is InChI=1S/C14H19N3O/c18-11-16-7-5-13(6-8-16)17-10-15-9-12-3-1-2-4-14(12)17/h1-4,11,13,15H,5-10H2. The van der Waals surface area contributed by atoms with E-state index in [2.05, 4.69) is 34.5 Å². The summed E-state index contributed by atoms with van der Waals surface area (Å²) in [7, 11) is 0. The maximum absolute atomic E-state index is 10.7. The Balaban J connectivity index is 1.76. The van der Waals surface area contributed by atoms with Crippen molar-refractivity contribution in [2.75, 3.05) is 24.7 Å². The number of carbonyl (C=O) groups is 1. The van der Waals surface area contributed by atoms with E-state index in [4.69, 9.17) is 0 Å². The summed E-state index contributed by atoms with van der Waals surface area (Å²) in [4.78, 5) is 15.1. The molecule has 3 rings (SSSR count). The number of likely N-dealkylation sites (tertiary alicyclic amines) is 1. The summed E-state index contributed by atoms with van der Waals surface area (Å²) in [6.07, 6.45) is 3.10. The van der Waals surface area contributed by atoms with Gasteiger partial charge in [-0.3, -0.25) is 10.1 Å². The maximum Gasteiger partial charge on any atom is 0.209 e. The number of para-hydroxylation sites is 1. The summed E-state index contributed by atoms with van der Waals surface area (Å²) in [5, 5.41) is 3.46. The second-order valence-electron chi connectivity index (χ2n) is 5.06. The smallest absolute Gasteiger partial charge is 0.209 e. The highest BCUT2D eigenvalue weighted by Gasteiger charge is 2.26. The van der Waals surface area contributed by atoms with Crippen molar-refractivity contribution in [3.63, 3.8) is 0 Å². The third kappa shape index (κ3) is 2.08. The molecule has 0 aromatic heterocycles. The highest BCUT2D eigenvalue weighted by atomic mass is 16.1. The van der Waals surface area contributed by atoms with Crippen molar-refractivity contribution in [3.05, 3.63) is 29.8 Å². The molecule has 0 bridgehead atoms. The molecule has 4 nitrogen and oxygen atoms in total. The normalized spacial score (nSPS) is 20.7. The lowest BCUT2D eigenvalue weighted by atomic mass is 10.0. The first-order chi connectivity index (χ1) is 8.88. The fourth-order valence-corrected chi connectivity index (χ4v) is 2.97. The number of hydrogen-bond acceptors (Lipinski definition) is 3. The number of amides is 1. The van der Waals surface area contributed by atoms with Crippen LogP contribution in [0.15, 0.2) is 24.3 Å². The van der Waals surface area contributed by atoms with Crippen LogP contribution in [0.4, 0.5) is 5.69 Å². The summed E-state index contributed by atoms with van der Waals surface area (Å²) in [6.45, 7) is 3.64. The van der Waals surface area contributed by atoms with Gasteiger partial charge < -0.3 is 9.80 Å². The Hall–Kier alpha value is -1.55. The second-order valence-corrected chi connectivity index (χ2v) is 5.06. The van der Waals surface area contributed by atoms with Crippen LogP contribution in [0.2, 0.25) is 0 Å². The summed E-state index contributed by atoms with van der Waals surface area (Å²) in [5.41, 5.74) is 2.74. The number of fused-ring (bicyclic) bond motifs is 1. The van der Waals surface area contributed by atoms with Crippen molar-refractivity contribution in [1.29, 1.82) is 0 Å². The van der Waals surface area contributed by atoms with E-state index in [0.717, 1.165) is 45.6 Å². The van der Waals surface area contributed by atoms with Crippen molar-refractivity contribution in [2.24, 2.45) is 0 Å². The Kier molecular flexibility index (Phi) is 3.19. The Morgan fingerprint density at radius 1 is 1.22 bits per heavy atom. The molecule has 18 heavy (non-hydrogen) atoms. The fraction of sp³-hybridized carbons (Fsp3) is 0.500. The van der Waals surface area contributed by atoms with E-state index < -0.39 is 0 Å². The van der Waals surface area contributed by atoms with Crippen LogP contribution < -0.4 is 10.2 Å². The number of rotatable bonds is 2. The zero-order chi connectivity index (χ0) is 12.4. The van der Waals surface area contributed by atoms with Crippen molar-refractivity contribution in [1.82, 2.24) is 10.2 Å². The molecule has 96 valence electrons. The number of carbonyl (C=O) groups excluding carboxylic acids is 1. The summed E-state index contributed by atoms with van der Waals surface area (Å²) in [6, 6.07) is 9.16. The molecule has 1 N–H and O–H groups in total. The van der Waals surface area contributed by atoms with Crippen molar-refractivity contribution >= 4 is 12.1 Å². The van der Waals surface area contributed by atoms with E-state index in [9.17, 15) is 4.79 Å². The first kappa shape index (κ1) is 11.5. The fourth-order valence-electron chi connectivity index (χ4n) is 2.97. The van der Waals surface area contributed by atoms with E-state index in [-0.39, 0.29) is 0 Å². The number of benzene rings is 1. The predicted octanol–water partition coefficient (Wildman–Crippen LogP) is 1.17. The predicted molar refractivity (Wildman–Crippen MR) is 71.3 cm³/mol. The van der Waals surface area contributed by atoms with Gasteiger partial charge in [0.2, 0.25) is 6.41 Å². The molecular formula is C14H19N3O. The number of nitrogens with one attached hydrogen (secondary N) is 1. The minimum atomic E-state index is 0.551. The average Bonchev–Trinajstić information content (AvgIpc) is 2.47. The number of anilines is 1.